The second-order valence-corrected chi connectivity index (χ2v) is 4.82. The molecule has 0 aliphatic carbocycles. The largest absolute Gasteiger partial charge is 0.485 e. The van der Waals surface area contributed by atoms with Crippen LogP contribution in [-0.2, 0) is 6.61 Å². The molecule has 0 N–H and O–H groups in total. The number of aromatic nitrogens is 1. The standard InChI is InChI=1S/C11H6ClFN2OS/c12-11-15-5-8(17-11)6-16-10-2-1-7(4-14)3-9(10)13/h1-3,5H,6H2. The number of halogens is 2. The van der Waals surface area contributed by atoms with E-state index in [2.05, 4.69) is 4.98 Å². The Kier molecular flexibility index (Phi) is 3.57. The minimum atomic E-state index is -0.556. The van der Waals surface area contributed by atoms with Crippen LogP contribution in [0.15, 0.2) is 24.4 Å². The first-order valence-corrected chi connectivity index (χ1v) is 5.81. The van der Waals surface area contributed by atoms with Gasteiger partial charge in [0.2, 0.25) is 0 Å². The van der Waals surface area contributed by atoms with Crippen LogP contribution in [0.2, 0.25) is 4.47 Å². The lowest BCUT2D eigenvalue weighted by Crippen LogP contribution is -1.95. The van der Waals surface area contributed by atoms with Crippen LogP contribution >= 0.6 is 22.9 Å². The average molecular weight is 269 g/mol. The van der Waals surface area contributed by atoms with Gasteiger partial charge >= 0.3 is 0 Å². The second-order valence-electron chi connectivity index (χ2n) is 3.13. The number of hydrogen-bond donors (Lipinski definition) is 0. The normalized spacial score (nSPS) is 9.94. The van der Waals surface area contributed by atoms with Crippen molar-refractivity contribution >= 4 is 22.9 Å². The molecule has 86 valence electrons. The van der Waals surface area contributed by atoms with Crippen molar-refractivity contribution in [2.45, 2.75) is 6.61 Å². The van der Waals surface area contributed by atoms with Gasteiger partial charge in [0.05, 0.1) is 16.5 Å². The fraction of sp³-hybridized carbons (Fsp3) is 0.0909. The number of thiazole rings is 1. The van der Waals surface area contributed by atoms with E-state index in [1.165, 1.54) is 23.5 Å². The first-order chi connectivity index (χ1) is 8.19. The van der Waals surface area contributed by atoms with Crippen LogP contribution in [0.25, 0.3) is 0 Å². The summed E-state index contributed by atoms with van der Waals surface area (Å²) in [5.41, 5.74) is 0.260. The maximum absolute atomic E-state index is 13.4. The van der Waals surface area contributed by atoms with Gasteiger partial charge in [-0.25, -0.2) is 9.37 Å². The van der Waals surface area contributed by atoms with Gasteiger partial charge in [0.15, 0.2) is 16.0 Å². The van der Waals surface area contributed by atoms with Gasteiger partial charge in [-0.15, -0.1) is 11.3 Å². The summed E-state index contributed by atoms with van der Waals surface area (Å²) in [7, 11) is 0. The monoisotopic (exact) mass is 268 g/mol. The van der Waals surface area contributed by atoms with Crippen molar-refractivity contribution in [1.29, 1.82) is 5.26 Å². The molecule has 3 nitrogen and oxygen atoms in total. The Morgan fingerprint density at radius 1 is 1.53 bits per heavy atom. The average Bonchev–Trinajstić information content (AvgIpc) is 2.73. The van der Waals surface area contributed by atoms with Crippen molar-refractivity contribution < 1.29 is 9.13 Å². The molecule has 2 aromatic rings. The molecule has 0 saturated heterocycles. The first kappa shape index (κ1) is 11.8. The van der Waals surface area contributed by atoms with Gasteiger partial charge in [0, 0.05) is 6.20 Å². The fourth-order valence-electron chi connectivity index (χ4n) is 1.19. The summed E-state index contributed by atoms with van der Waals surface area (Å²) in [4.78, 5) is 4.65. The molecule has 1 aromatic heterocycles. The number of hydrogen-bond acceptors (Lipinski definition) is 4. The van der Waals surface area contributed by atoms with Crippen LogP contribution in [0.4, 0.5) is 4.39 Å². The van der Waals surface area contributed by atoms with Crippen molar-refractivity contribution in [1.82, 2.24) is 4.98 Å². The molecule has 0 aliphatic heterocycles. The summed E-state index contributed by atoms with van der Waals surface area (Å²) < 4.78 is 19.1. The van der Waals surface area contributed by atoms with Crippen molar-refractivity contribution in [3.63, 3.8) is 0 Å². The summed E-state index contributed by atoms with van der Waals surface area (Å²) in [6.45, 7) is 0.202. The zero-order valence-corrected chi connectivity index (χ0v) is 10.1. The van der Waals surface area contributed by atoms with E-state index in [4.69, 9.17) is 21.6 Å². The molecule has 17 heavy (non-hydrogen) atoms. The highest BCUT2D eigenvalue weighted by molar-refractivity contribution is 7.15. The van der Waals surface area contributed by atoms with E-state index >= 15 is 0 Å². The number of rotatable bonds is 3. The Labute approximate surface area is 106 Å². The Hall–Kier alpha value is -1.64. The van der Waals surface area contributed by atoms with E-state index in [0.29, 0.717) is 4.47 Å². The lowest BCUT2D eigenvalue weighted by molar-refractivity contribution is 0.293. The molecule has 1 heterocycles. The number of nitriles is 1. The summed E-state index contributed by atoms with van der Waals surface area (Å²) >= 11 is 6.93. The molecule has 0 amide bonds. The van der Waals surface area contributed by atoms with Gasteiger partial charge in [-0.2, -0.15) is 5.26 Å². The van der Waals surface area contributed by atoms with Crippen molar-refractivity contribution in [3.8, 4) is 11.8 Å². The van der Waals surface area contributed by atoms with Crippen LogP contribution in [0, 0.1) is 17.1 Å². The third kappa shape index (κ3) is 2.93. The number of benzene rings is 1. The minimum absolute atomic E-state index is 0.105. The highest BCUT2D eigenvalue weighted by Gasteiger charge is 2.06. The SMILES string of the molecule is N#Cc1ccc(OCc2cnc(Cl)s2)c(F)c1. The Morgan fingerprint density at radius 3 is 2.94 bits per heavy atom. The molecule has 0 spiro atoms. The smallest absolute Gasteiger partial charge is 0.183 e. The zero-order chi connectivity index (χ0) is 12.3. The molecule has 1 aromatic carbocycles. The minimum Gasteiger partial charge on any atom is -0.485 e. The van der Waals surface area contributed by atoms with E-state index in [0.717, 1.165) is 10.9 Å². The van der Waals surface area contributed by atoms with Gasteiger partial charge in [-0.1, -0.05) is 11.6 Å². The van der Waals surface area contributed by atoms with Crippen LogP contribution in [0.3, 0.4) is 0 Å². The lowest BCUT2D eigenvalue weighted by atomic mass is 10.2. The molecule has 0 radical (unpaired) electrons. The van der Waals surface area contributed by atoms with Gasteiger partial charge in [0.25, 0.3) is 0 Å². The highest BCUT2D eigenvalue weighted by Crippen LogP contribution is 2.22. The predicted molar refractivity (Wildman–Crippen MR) is 62.6 cm³/mol. The van der Waals surface area contributed by atoms with E-state index in [1.54, 1.807) is 6.20 Å². The summed E-state index contributed by atoms with van der Waals surface area (Å²) in [5.74, 6) is -0.451. The van der Waals surface area contributed by atoms with Gasteiger partial charge < -0.3 is 4.74 Å². The second kappa shape index (κ2) is 5.13. The summed E-state index contributed by atoms with van der Waals surface area (Å²) in [6.07, 6.45) is 1.58. The molecular formula is C11H6ClFN2OS. The van der Waals surface area contributed by atoms with E-state index in [-0.39, 0.29) is 17.9 Å². The first-order valence-electron chi connectivity index (χ1n) is 4.61. The molecule has 0 saturated carbocycles. The zero-order valence-electron chi connectivity index (χ0n) is 8.48. The molecular weight excluding hydrogens is 263 g/mol. The van der Waals surface area contributed by atoms with Crippen molar-refractivity contribution in [3.05, 3.63) is 45.1 Å². The highest BCUT2D eigenvalue weighted by atomic mass is 35.5. The van der Waals surface area contributed by atoms with E-state index in [1.807, 2.05) is 6.07 Å². The van der Waals surface area contributed by atoms with E-state index in [9.17, 15) is 4.39 Å². The van der Waals surface area contributed by atoms with Crippen LogP contribution in [-0.4, -0.2) is 4.98 Å². The molecule has 0 unspecified atom stereocenters. The van der Waals surface area contributed by atoms with Crippen LogP contribution in [0.1, 0.15) is 10.4 Å². The van der Waals surface area contributed by atoms with Gasteiger partial charge in [-0.3, -0.25) is 0 Å². The molecule has 0 fully saturated rings. The fourth-order valence-corrected chi connectivity index (χ4v) is 2.08. The lowest BCUT2D eigenvalue weighted by Gasteiger charge is -2.05. The van der Waals surface area contributed by atoms with Crippen LogP contribution in [0.5, 0.6) is 5.75 Å². The third-order valence-electron chi connectivity index (χ3n) is 1.96. The Balaban J connectivity index is 2.07. The maximum atomic E-state index is 13.4. The van der Waals surface area contributed by atoms with Crippen LogP contribution < -0.4 is 4.74 Å². The number of ether oxygens (including phenoxy) is 1. The molecule has 0 bridgehead atoms. The van der Waals surface area contributed by atoms with Gasteiger partial charge in [-0.05, 0) is 18.2 Å². The number of nitrogens with zero attached hydrogens (tertiary/aromatic N) is 2. The topological polar surface area (TPSA) is 45.9 Å². The molecule has 0 aliphatic rings. The van der Waals surface area contributed by atoms with Crippen molar-refractivity contribution in [2.75, 3.05) is 0 Å². The van der Waals surface area contributed by atoms with Crippen molar-refractivity contribution in [2.24, 2.45) is 0 Å². The van der Waals surface area contributed by atoms with E-state index < -0.39 is 5.82 Å². The van der Waals surface area contributed by atoms with Gasteiger partial charge in [0.1, 0.15) is 6.61 Å². The Bertz CT molecular complexity index is 579. The molecule has 0 atom stereocenters. The maximum Gasteiger partial charge on any atom is 0.183 e. The summed E-state index contributed by atoms with van der Waals surface area (Å²) in [6, 6.07) is 5.91. The molecule has 2 rings (SSSR count). The predicted octanol–water partition coefficient (Wildman–Crippen LogP) is 3.39. The molecule has 6 heteroatoms. The third-order valence-corrected chi connectivity index (χ3v) is 3.04. The summed E-state index contributed by atoms with van der Waals surface area (Å²) in [5, 5.41) is 8.58. The quantitative estimate of drug-likeness (QED) is 0.857. The Morgan fingerprint density at radius 2 is 2.35 bits per heavy atom.